The molecule has 2 unspecified atom stereocenters. The average Bonchev–Trinajstić information content (AvgIpc) is 2.47. The maximum Gasteiger partial charge on any atom is 0.243 e. The molecule has 0 amide bonds. The van der Waals surface area contributed by atoms with Gasteiger partial charge in [0, 0.05) is 36.7 Å². The Morgan fingerprint density at radius 3 is 2.80 bits per heavy atom. The van der Waals surface area contributed by atoms with Gasteiger partial charge in [-0.05, 0) is 30.7 Å². The molecule has 110 valence electrons. The third-order valence-electron chi connectivity index (χ3n) is 3.81. The van der Waals surface area contributed by atoms with E-state index in [1.165, 1.54) is 28.6 Å². The summed E-state index contributed by atoms with van der Waals surface area (Å²) in [5.41, 5.74) is 0. The van der Waals surface area contributed by atoms with E-state index in [9.17, 15) is 12.8 Å². The van der Waals surface area contributed by atoms with Gasteiger partial charge in [0.2, 0.25) is 10.0 Å². The van der Waals surface area contributed by atoms with Crippen LogP contribution in [0.3, 0.4) is 0 Å². The fourth-order valence-corrected chi connectivity index (χ4v) is 5.58. The second-order valence-corrected chi connectivity index (χ2v) is 8.36. The lowest BCUT2D eigenvalue weighted by Gasteiger charge is -2.40. The van der Waals surface area contributed by atoms with Crippen molar-refractivity contribution < 1.29 is 12.8 Å². The van der Waals surface area contributed by atoms with Crippen LogP contribution in [0, 0.1) is 5.82 Å². The standard InChI is InChI=1S/C13H17FN2O2S2/c14-10-1-3-11(4-2-10)20(17,18)16-7-5-12-13(9-16)19-8-6-15-12/h1-4,12-13,15H,5-9H2. The van der Waals surface area contributed by atoms with Crippen LogP contribution in [0.2, 0.25) is 0 Å². The summed E-state index contributed by atoms with van der Waals surface area (Å²) in [4.78, 5) is 0.172. The van der Waals surface area contributed by atoms with Crippen molar-refractivity contribution in [3.05, 3.63) is 30.1 Å². The van der Waals surface area contributed by atoms with Crippen LogP contribution in [0.25, 0.3) is 0 Å². The highest BCUT2D eigenvalue weighted by Gasteiger charge is 2.36. The lowest BCUT2D eigenvalue weighted by atomic mass is 10.1. The highest BCUT2D eigenvalue weighted by Crippen LogP contribution is 2.29. The second-order valence-electron chi connectivity index (χ2n) is 5.08. The van der Waals surface area contributed by atoms with E-state index in [0.29, 0.717) is 24.4 Å². The van der Waals surface area contributed by atoms with Gasteiger partial charge in [-0.1, -0.05) is 0 Å². The van der Waals surface area contributed by atoms with Crippen molar-refractivity contribution in [2.24, 2.45) is 0 Å². The van der Waals surface area contributed by atoms with Crippen molar-refractivity contribution in [1.29, 1.82) is 0 Å². The smallest absolute Gasteiger partial charge is 0.243 e. The third kappa shape index (κ3) is 2.72. The Morgan fingerprint density at radius 2 is 2.05 bits per heavy atom. The molecule has 1 N–H and O–H groups in total. The van der Waals surface area contributed by atoms with E-state index < -0.39 is 15.8 Å². The van der Waals surface area contributed by atoms with Gasteiger partial charge in [-0.15, -0.1) is 0 Å². The van der Waals surface area contributed by atoms with Gasteiger partial charge in [-0.2, -0.15) is 16.1 Å². The SMILES string of the molecule is O=S(=O)(c1ccc(F)cc1)N1CCC2NCCSC2C1. The van der Waals surface area contributed by atoms with Crippen molar-refractivity contribution in [2.45, 2.75) is 22.6 Å². The molecule has 2 atom stereocenters. The molecule has 0 bridgehead atoms. The maximum absolute atomic E-state index is 12.9. The van der Waals surface area contributed by atoms with E-state index in [0.717, 1.165) is 18.7 Å². The molecule has 2 aliphatic rings. The Kier molecular flexibility index (Phi) is 4.03. The molecule has 2 heterocycles. The Hall–Kier alpha value is -0.630. The summed E-state index contributed by atoms with van der Waals surface area (Å²) < 4.78 is 39.5. The number of nitrogens with one attached hydrogen (secondary N) is 1. The minimum Gasteiger partial charge on any atom is -0.312 e. The molecule has 1 aromatic rings. The molecule has 0 radical (unpaired) electrons. The minimum atomic E-state index is -3.50. The van der Waals surface area contributed by atoms with E-state index in [2.05, 4.69) is 5.32 Å². The number of hydrogen-bond acceptors (Lipinski definition) is 4. The van der Waals surface area contributed by atoms with Crippen molar-refractivity contribution in [3.8, 4) is 0 Å². The summed E-state index contributed by atoms with van der Waals surface area (Å²) in [6.07, 6.45) is 0.831. The van der Waals surface area contributed by atoms with Crippen molar-refractivity contribution in [3.63, 3.8) is 0 Å². The predicted octanol–water partition coefficient (Wildman–Crippen LogP) is 1.29. The molecule has 2 saturated heterocycles. The van der Waals surface area contributed by atoms with Gasteiger partial charge in [0.15, 0.2) is 0 Å². The fourth-order valence-electron chi connectivity index (χ4n) is 2.72. The van der Waals surface area contributed by atoms with E-state index in [1.807, 2.05) is 11.8 Å². The van der Waals surface area contributed by atoms with Gasteiger partial charge in [0.1, 0.15) is 5.82 Å². The monoisotopic (exact) mass is 316 g/mol. The Morgan fingerprint density at radius 1 is 1.30 bits per heavy atom. The minimum absolute atomic E-state index is 0.172. The number of sulfonamides is 1. The number of halogens is 1. The lowest BCUT2D eigenvalue weighted by molar-refractivity contribution is 0.296. The number of fused-ring (bicyclic) bond motifs is 1. The zero-order chi connectivity index (χ0) is 14.2. The Balaban J connectivity index is 1.79. The number of piperidine rings is 1. The summed E-state index contributed by atoms with van der Waals surface area (Å²) >= 11 is 1.84. The Labute approximate surface area is 122 Å². The maximum atomic E-state index is 12.9. The normalized spacial score (nSPS) is 28.1. The molecular formula is C13H17FN2O2S2. The summed E-state index contributed by atoms with van der Waals surface area (Å²) in [7, 11) is -3.50. The highest BCUT2D eigenvalue weighted by atomic mass is 32.2. The molecule has 2 fully saturated rings. The van der Waals surface area contributed by atoms with Gasteiger partial charge in [0.05, 0.1) is 4.90 Å². The van der Waals surface area contributed by atoms with E-state index in [-0.39, 0.29) is 4.90 Å². The van der Waals surface area contributed by atoms with Gasteiger partial charge in [-0.3, -0.25) is 0 Å². The quantitative estimate of drug-likeness (QED) is 0.893. The zero-order valence-corrected chi connectivity index (χ0v) is 12.6. The van der Waals surface area contributed by atoms with Crippen LogP contribution in [-0.2, 0) is 10.0 Å². The first-order chi connectivity index (χ1) is 9.57. The van der Waals surface area contributed by atoms with Gasteiger partial charge >= 0.3 is 0 Å². The molecule has 3 rings (SSSR count). The van der Waals surface area contributed by atoms with Crippen molar-refractivity contribution in [1.82, 2.24) is 9.62 Å². The number of rotatable bonds is 2. The van der Waals surface area contributed by atoms with E-state index in [1.54, 1.807) is 0 Å². The lowest BCUT2D eigenvalue weighted by Crippen LogP contribution is -2.55. The van der Waals surface area contributed by atoms with Crippen molar-refractivity contribution in [2.75, 3.05) is 25.4 Å². The molecule has 1 aromatic carbocycles. The third-order valence-corrected chi connectivity index (χ3v) is 7.04. The van der Waals surface area contributed by atoms with E-state index >= 15 is 0 Å². The fraction of sp³-hybridized carbons (Fsp3) is 0.538. The molecule has 7 heteroatoms. The van der Waals surface area contributed by atoms with E-state index in [4.69, 9.17) is 0 Å². The molecule has 4 nitrogen and oxygen atoms in total. The first-order valence-electron chi connectivity index (χ1n) is 6.68. The van der Waals surface area contributed by atoms with Gasteiger partial charge < -0.3 is 5.32 Å². The zero-order valence-electron chi connectivity index (χ0n) is 11.0. The number of benzene rings is 1. The second kappa shape index (κ2) is 5.63. The van der Waals surface area contributed by atoms with Crippen LogP contribution >= 0.6 is 11.8 Å². The summed E-state index contributed by atoms with van der Waals surface area (Å²) in [6, 6.07) is 5.47. The number of thioether (sulfide) groups is 1. The summed E-state index contributed by atoms with van der Waals surface area (Å²) in [6.45, 7) is 2.05. The van der Waals surface area contributed by atoms with Crippen molar-refractivity contribution >= 4 is 21.8 Å². The molecule has 0 spiro atoms. The van der Waals surface area contributed by atoms with Crippen LogP contribution in [0.5, 0.6) is 0 Å². The molecule has 2 aliphatic heterocycles. The molecule has 20 heavy (non-hydrogen) atoms. The Bertz CT molecular complexity index is 577. The average molecular weight is 316 g/mol. The van der Waals surface area contributed by atoms with Crippen LogP contribution in [0.15, 0.2) is 29.2 Å². The summed E-state index contributed by atoms with van der Waals surface area (Å²) in [5, 5.41) is 3.76. The summed E-state index contributed by atoms with van der Waals surface area (Å²) in [5.74, 6) is 0.598. The molecule has 0 saturated carbocycles. The van der Waals surface area contributed by atoms with Gasteiger partial charge in [-0.25, -0.2) is 12.8 Å². The molecular weight excluding hydrogens is 299 g/mol. The first-order valence-corrected chi connectivity index (χ1v) is 9.17. The molecule has 0 aromatic heterocycles. The molecule has 0 aliphatic carbocycles. The predicted molar refractivity (Wildman–Crippen MR) is 77.8 cm³/mol. The van der Waals surface area contributed by atoms with Crippen LogP contribution in [0.4, 0.5) is 4.39 Å². The highest BCUT2D eigenvalue weighted by molar-refractivity contribution is 8.00. The largest absolute Gasteiger partial charge is 0.312 e. The topological polar surface area (TPSA) is 49.4 Å². The van der Waals surface area contributed by atoms with Crippen LogP contribution in [0.1, 0.15) is 6.42 Å². The first kappa shape index (κ1) is 14.3. The number of hydrogen-bond donors (Lipinski definition) is 1. The number of nitrogens with zero attached hydrogens (tertiary/aromatic N) is 1. The van der Waals surface area contributed by atoms with Crippen LogP contribution < -0.4 is 5.32 Å². The van der Waals surface area contributed by atoms with Crippen LogP contribution in [-0.4, -0.2) is 49.4 Å². The van der Waals surface area contributed by atoms with Gasteiger partial charge in [0.25, 0.3) is 0 Å².